The van der Waals surface area contributed by atoms with Gasteiger partial charge in [0.1, 0.15) is 0 Å². The lowest BCUT2D eigenvalue weighted by molar-refractivity contribution is -0.122. The summed E-state index contributed by atoms with van der Waals surface area (Å²) >= 11 is 0. The number of nitrogens with two attached hydrogens (primary N) is 1. The van der Waals surface area contributed by atoms with Crippen LogP contribution in [0.4, 0.5) is 0 Å². The minimum Gasteiger partial charge on any atom is -0.336 e. The van der Waals surface area contributed by atoms with Crippen molar-refractivity contribution in [1.29, 1.82) is 0 Å². The van der Waals surface area contributed by atoms with Gasteiger partial charge in [0, 0.05) is 0 Å². The maximum atomic E-state index is 10.8. The number of carbonyl (C=O) groups excluding carboxylic acids is 1. The van der Waals surface area contributed by atoms with Gasteiger partial charge in [-0.05, 0) is 13.8 Å². The minimum atomic E-state index is -4.22. The van der Waals surface area contributed by atoms with Gasteiger partial charge >= 0.3 is 0 Å². The molecule has 0 aliphatic carbocycles. The lowest BCUT2D eigenvalue weighted by atomic mass is 10.3. The lowest BCUT2D eigenvalue weighted by Gasteiger charge is -2.12. The molecule has 12 heavy (non-hydrogen) atoms. The Balaban J connectivity index is 4.21. The van der Waals surface area contributed by atoms with Crippen molar-refractivity contribution >= 4 is 16.0 Å². The molecule has 0 aromatic rings. The highest BCUT2D eigenvalue weighted by Gasteiger charge is 2.20. The highest BCUT2D eigenvalue weighted by Crippen LogP contribution is 1.92. The van der Waals surface area contributed by atoms with E-state index in [9.17, 15) is 13.2 Å². The third-order valence-corrected chi connectivity index (χ3v) is 2.22. The molecule has 0 spiro atoms. The van der Waals surface area contributed by atoms with Gasteiger partial charge in [-0.3, -0.25) is 9.35 Å². The van der Waals surface area contributed by atoms with Crippen LogP contribution in [-0.4, -0.2) is 30.3 Å². The molecule has 2 atom stereocenters. The quantitative estimate of drug-likeness (QED) is 0.485. The van der Waals surface area contributed by atoms with E-state index in [1.54, 1.807) is 0 Å². The molecule has 1 amide bonds. The molecule has 72 valence electrons. The number of carbonyl (C=O) groups is 1. The second-order valence-corrected chi connectivity index (χ2v) is 4.19. The molecule has 0 aromatic carbocycles. The maximum Gasteiger partial charge on any atom is 0.285 e. The fraction of sp³-hybridized carbons (Fsp3) is 0.800. The van der Waals surface area contributed by atoms with E-state index >= 15 is 0 Å². The third-order valence-electron chi connectivity index (χ3n) is 1.21. The monoisotopic (exact) mass is 196 g/mol. The highest BCUT2D eigenvalue weighted by atomic mass is 32.2. The summed E-state index contributed by atoms with van der Waals surface area (Å²) in [6.45, 7) is 2.56. The van der Waals surface area contributed by atoms with Crippen LogP contribution in [0.2, 0.25) is 0 Å². The summed E-state index contributed by atoms with van der Waals surface area (Å²) in [6.07, 6.45) is 0. The predicted molar refractivity (Wildman–Crippen MR) is 42.8 cm³/mol. The summed E-state index contributed by atoms with van der Waals surface area (Å²) in [5.74, 6) is -0.625. The molecule has 4 N–H and O–H groups in total. The number of amides is 1. The van der Waals surface area contributed by atoms with Crippen LogP contribution in [-0.2, 0) is 14.9 Å². The molecule has 0 aliphatic rings. The first-order valence-corrected chi connectivity index (χ1v) is 4.77. The molecule has 2 unspecified atom stereocenters. The van der Waals surface area contributed by atoms with Crippen molar-refractivity contribution in [3.8, 4) is 0 Å². The van der Waals surface area contributed by atoms with E-state index in [0.29, 0.717) is 0 Å². The van der Waals surface area contributed by atoms with Gasteiger partial charge in [0.15, 0.2) is 5.37 Å². The largest absolute Gasteiger partial charge is 0.336 e. The van der Waals surface area contributed by atoms with Gasteiger partial charge in [0.05, 0.1) is 6.04 Å². The third kappa shape index (κ3) is 3.65. The van der Waals surface area contributed by atoms with E-state index < -0.39 is 27.4 Å². The second kappa shape index (κ2) is 3.83. The Morgan fingerprint density at radius 3 is 2.17 bits per heavy atom. The minimum absolute atomic E-state index is 0.625. The van der Waals surface area contributed by atoms with Crippen molar-refractivity contribution in [1.82, 2.24) is 5.32 Å². The molecular weight excluding hydrogens is 184 g/mol. The molecule has 0 aliphatic heterocycles. The molecule has 0 fully saturated rings. The summed E-state index contributed by atoms with van der Waals surface area (Å²) < 4.78 is 29.2. The lowest BCUT2D eigenvalue weighted by Crippen LogP contribution is -2.45. The van der Waals surface area contributed by atoms with Gasteiger partial charge < -0.3 is 11.1 Å². The molecule has 0 rings (SSSR count). The fourth-order valence-electron chi connectivity index (χ4n) is 0.406. The smallest absolute Gasteiger partial charge is 0.285 e. The number of hydrogen-bond acceptors (Lipinski definition) is 4. The highest BCUT2D eigenvalue weighted by molar-refractivity contribution is 7.86. The van der Waals surface area contributed by atoms with E-state index in [1.165, 1.54) is 6.92 Å². The van der Waals surface area contributed by atoms with Gasteiger partial charge in [-0.15, -0.1) is 0 Å². The van der Waals surface area contributed by atoms with E-state index in [2.05, 4.69) is 0 Å². The standard InChI is InChI=1S/C5H12N2O4S/c1-3(6)5(8)7-4(2)12(9,10)11/h3-4H,6H2,1-2H3,(H,7,8)(H,9,10,11). The average Bonchev–Trinajstić information content (AvgIpc) is 1.85. The van der Waals surface area contributed by atoms with Crippen LogP contribution in [0.3, 0.4) is 0 Å². The van der Waals surface area contributed by atoms with Crippen molar-refractivity contribution in [3.63, 3.8) is 0 Å². The Labute approximate surface area is 70.9 Å². The summed E-state index contributed by atoms with van der Waals surface area (Å²) in [7, 11) is -4.22. The SMILES string of the molecule is CC(N)C(=O)NC(C)S(=O)(=O)O. The fourth-order valence-corrected chi connectivity index (χ4v) is 0.671. The van der Waals surface area contributed by atoms with Crippen LogP contribution in [0.1, 0.15) is 13.8 Å². The zero-order valence-electron chi connectivity index (χ0n) is 6.81. The number of nitrogens with one attached hydrogen (secondary N) is 1. The molecular formula is C5H12N2O4S. The first-order valence-electron chi connectivity index (χ1n) is 3.27. The molecule has 0 bridgehead atoms. The first-order chi connectivity index (χ1) is 5.25. The normalized spacial score (nSPS) is 16.7. The van der Waals surface area contributed by atoms with Gasteiger partial charge in [-0.2, -0.15) is 8.42 Å². The van der Waals surface area contributed by atoms with E-state index in [0.717, 1.165) is 6.92 Å². The van der Waals surface area contributed by atoms with Crippen molar-refractivity contribution in [2.24, 2.45) is 5.73 Å². The zero-order valence-corrected chi connectivity index (χ0v) is 7.63. The number of hydrogen-bond donors (Lipinski definition) is 3. The molecule has 0 aromatic heterocycles. The van der Waals surface area contributed by atoms with E-state index in [4.69, 9.17) is 10.3 Å². The van der Waals surface area contributed by atoms with E-state index in [1.807, 2.05) is 5.32 Å². The predicted octanol–water partition coefficient (Wildman–Crippen LogP) is -1.32. The second-order valence-electron chi connectivity index (χ2n) is 2.45. The Bertz CT molecular complexity index is 259. The van der Waals surface area contributed by atoms with Crippen LogP contribution in [0.5, 0.6) is 0 Å². The van der Waals surface area contributed by atoms with Crippen molar-refractivity contribution in [2.45, 2.75) is 25.3 Å². The molecule has 7 heteroatoms. The Morgan fingerprint density at radius 1 is 1.50 bits per heavy atom. The van der Waals surface area contributed by atoms with Gasteiger partial charge in [-0.1, -0.05) is 0 Å². The summed E-state index contributed by atoms with van der Waals surface area (Å²) in [5, 5.41) is 0.694. The summed E-state index contributed by atoms with van der Waals surface area (Å²) in [5.41, 5.74) is 5.14. The Morgan fingerprint density at radius 2 is 1.92 bits per heavy atom. The maximum absolute atomic E-state index is 10.8. The van der Waals surface area contributed by atoms with Crippen molar-refractivity contribution < 1.29 is 17.8 Å². The summed E-state index contributed by atoms with van der Waals surface area (Å²) in [4.78, 5) is 10.8. The van der Waals surface area contributed by atoms with Gasteiger partial charge in [0.25, 0.3) is 10.1 Å². The van der Waals surface area contributed by atoms with Crippen LogP contribution in [0.15, 0.2) is 0 Å². The molecule has 0 radical (unpaired) electrons. The van der Waals surface area contributed by atoms with Crippen molar-refractivity contribution in [3.05, 3.63) is 0 Å². The van der Waals surface area contributed by atoms with Crippen LogP contribution < -0.4 is 11.1 Å². The topological polar surface area (TPSA) is 109 Å². The first kappa shape index (κ1) is 11.3. The van der Waals surface area contributed by atoms with Gasteiger partial charge in [-0.25, -0.2) is 0 Å². The van der Waals surface area contributed by atoms with Crippen LogP contribution in [0.25, 0.3) is 0 Å². The van der Waals surface area contributed by atoms with Crippen molar-refractivity contribution in [2.75, 3.05) is 0 Å². The summed E-state index contributed by atoms with van der Waals surface area (Å²) in [6, 6.07) is -0.797. The van der Waals surface area contributed by atoms with Gasteiger partial charge in [0.2, 0.25) is 5.91 Å². The zero-order chi connectivity index (χ0) is 9.94. The molecule has 6 nitrogen and oxygen atoms in total. The van der Waals surface area contributed by atoms with Crippen LogP contribution in [0, 0.1) is 0 Å². The van der Waals surface area contributed by atoms with E-state index in [-0.39, 0.29) is 0 Å². The van der Waals surface area contributed by atoms with Crippen LogP contribution >= 0.6 is 0 Å². The molecule has 0 heterocycles. The molecule has 0 saturated carbocycles. The number of rotatable bonds is 3. The molecule has 0 saturated heterocycles. The average molecular weight is 196 g/mol. The Kier molecular flexibility index (Phi) is 3.62. The Hall–Kier alpha value is -0.660.